The summed E-state index contributed by atoms with van der Waals surface area (Å²) >= 11 is 0. The van der Waals surface area contributed by atoms with Gasteiger partial charge in [-0.1, -0.05) is 23.4 Å². The summed E-state index contributed by atoms with van der Waals surface area (Å²) < 4.78 is 31.2. The van der Waals surface area contributed by atoms with Crippen molar-refractivity contribution in [2.75, 3.05) is 36.2 Å². The van der Waals surface area contributed by atoms with Gasteiger partial charge < -0.3 is 29.3 Å². The van der Waals surface area contributed by atoms with E-state index in [4.69, 9.17) is 19.1 Å². The molecule has 1 saturated heterocycles. The average molecular weight is 541 g/mol. The van der Waals surface area contributed by atoms with E-state index in [1.165, 1.54) is 11.0 Å². The molecule has 2 aromatic carbocycles. The van der Waals surface area contributed by atoms with Crippen molar-refractivity contribution in [1.82, 2.24) is 5.16 Å². The van der Waals surface area contributed by atoms with Crippen LogP contribution in [-0.2, 0) is 20.9 Å². The molecule has 3 aromatic rings. The van der Waals surface area contributed by atoms with Crippen LogP contribution < -0.4 is 15.5 Å². The molecule has 1 fully saturated rings. The third-order valence-corrected chi connectivity index (χ3v) is 5.99. The molecule has 1 unspecified atom stereocenters. The minimum atomic E-state index is -1.39. The van der Waals surface area contributed by atoms with Crippen molar-refractivity contribution < 1.29 is 37.9 Å². The number of carbonyl (C=O) groups is 3. The molecule has 4 rings (SSSR count). The number of Topliss-reactive ketones (excluding diaryl/α,β-unsaturated/α-hetero) is 1. The fraction of sp³-hybridized carbons (Fsp3) is 0.333. The number of nitrogens with zero attached hydrogens (tertiary/aromatic N) is 2. The van der Waals surface area contributed by atoms with Crippen molar-refractivity contribution >= 4 is 34.8 Å². The minimum Gasteiger partial charge on any atom is -0.465 e. The lowest BCUT2D eigenvalue weighted by Gasteiger charge is -2.21. The number of benzene rings is 2. The highest BCUT2D eigenvalue weighted by Crippen LogP contribution is 2.31. The van der Waals surface area contributed by atoms with E-state index in [0.29, 0.717) is 23.6 Å². The second-order valence-corrected chi connectivity index (χ2v) is 9.19. The van der Waals surface area contributed by atoms with E-state index >= 15 is 0 Å². The zero-order chi connectivity index (χ0) is 27.9. The second kappa shape index (κ2) is 12.5. The van der Waals surface area contributed by atoms with Gasteiger partial charge in [0.1, 0.15) is 11.5 Å². The van der Waals surface area contributed by atoms with Crippen LogP contribution in [-0.4, -0.2) is 55.0 Å². The largest absolute Gasteiger partial charge is 0.465 e. The molecule has 0 bridgehead atoms. The Hall–Kier alpha value is -4.29. The average Bonchev–Trinajstić information content (AvgIpc) is 3.38. The summed E-state index contributed by atoms with van der Waals surface area (Å²) in [6, 6.07) is 10.5. The number of ketones is 1. The summed E-state index contributed by atoms with van der Waals surface area (Å²) in [5, 5.41) is 17.7. The van der Waals surface area contributed by atoms with Crippen LogP contribution in [0.25, 0.3) is 11.3 Å². The number of halogens is 1. The summed E-state index contributed by atoms with van der Waals surface area (Å²) in [5.74, 6) is -1.48. The summed E-state index contributed by atoms with van der Waals surface area (Å²) in [7, 11) is 3.18. The molecule has 2 heterocycles. The van der Waals surface area contributed by atoms with Crippen LogP contribution in [0.5, 0.6) is 0 Å². The molecule has 1 aliphatic heterocycles. The highest BCUT2D eigenvalue weighted by molar-refractivity contribution is 6.12. The Balaban J connectivity index is 1.41. The quantitative estimate of drug-likeness (QED) is 0.242. The Kier molecular flexibility index (Phi) is 8.89. The van der Waals surface area contributed by atoms with E-state index in [9.17, 15) is 18.8 Å². The van der Waals surface area contributed by atoms with Crippen LogP contribution in [0, 0.1) is 5.82 Å². The van der Waals surface area contributed by atoms with E-state index in [1.807, 2.05) is 0 Å². The fourth-order valence-electron chi connectivity index (χ4n) is 4.05. The molecule has 1 atom stereocenters. The maximum absolute atomic E-state index is 14.5. The Labute approximate surface area is 223 Å². The lowest BCUT2D eigenvalue weighted by Crippen LogP contribution is -2.22. The van der Waals surface area contributed by atoms with Gasteiger partial charge in [0.2, 0.25) is 5.91 Å². The predicted octanol–water partition coefficient (Wildman–Crippen LogP) is 4.89. The van der Waals surface area contributed by atoms with Crippen molar-refractivity contribution in [2.24, 2.45) is 0 Å². The number of amides is 2. The SMILES string of the molecule is CN(C)c1cc(NC(=O)O)c(NC(=O)CC(=O)c2cccc(-c3cc(COC4CCCCO4)no3)c2)cc1F. The number of anilines is 3. The standard InChI is InChI=1S/C27H29FN4O7/c1-32(2)22-13-21(30-27(35)36)20(12-19(22)28)29-25(34)14-23(33)16-6-5-7-17(10-16)24-11-18(31-39-24)15-38-26-8-3-4-9-37-26/h5-7,10-13,26,30H,3-4,8-9,14-15H2,1-2H3,(H,29,34)(H,35,36). The molecular formula is C27H29FN4O7. The minimum absolute atomic E-state index is 0.0319. The van der Waals surface area contributed by atoms with Crippen LogP contribution in [0.15, 0.2) is 47.0 Å². The highest BCUT2D eigenvalue weighted by atomic mass is 19.1. The van der Waals surface area contributed by atoms with Gasteiger partial charge in [-0.2, -0.15) is 0 Å². The molecule has 206 valence electrons. The maximum Gasteiger partial charge on any atom is 0.409 e. The molecule has 11 nitrogen and oxygen atoms in total. The first kappa shape index (κ1) is 27.7. The first-order chi connectivity index (χ1) is 18.7. The molecule has 1 aliphatic rings. The van der Waals surface area contributed by atoms with Crippen LogP contribution in [0.2, 0.25) is 0 Å². The van der Waals surface area contributed by atoms with E-state index in [-0.39, 0.29) is 35.5 Å². The maximum atomic E-state index is 14.5. The Bertz CT molecular complexity index is 1350. The van der Waals surface area contributed by atoms with E-state index in [1.54, 1.807) is 44.4 Å². The van der Waals surface area contributed by atoms with E-state index < -0.39 is 30.0 Å². The van der Waals surface area contributed by atoms with Crippen molar-refractivity contribution in [3.05, 3.63) is 59.5 Å². The van der Waals surface area contributed by atoms with Crippen molar-refractivity contribution in [3.63, 3.8) is 0 Å². The predicted molar refractivity (Wildman–Crippen MR) is 140 cm³/mol. The molecule has 0 radical (unpaired) electrons. The molecule has 2 amide bonds. The lowest BCUT2D eigenvalue weighted by atomic mass is 10.0. The fourth-order valence-corrected chi connectivity index (χ4v) is 4.05. The zero-order valence-electron chi connectivity index (χ0n) is 21.5. The van der Waals surface area contributed by atoms with Gasteiger partial charge in [-0.25, -0.2) is 9.18 Å². The van der Waals surface area contributed by atoms with Crippen LogP contribution in [0.4, 0.5) is 26.2 Å². The summed E-state index contributed by atoms with van der Waals surface area (Å²) in [5.41, 5.74) is 1.40. The van der Waals surface area contributed by atoms with Crippen LogP contribution >= 0.6 is 0 Å². The molecular weight excluding hydrogens is 511 g/mol. The summed E-state index contributed by atoms with van der Waals surface area (Å²) in [4.78, 5) is 38.1. The molecule has 39 heavy (non-hydrogen) atoms. The van der Waals surface area contributed by atoms with Crippen molar-refractivity contribution in [2.45, 2.75) is 38.6 Å². The lowest BCUT2D eigenvalue weighted by molar-refractivity contribution is -0.169. The van der Waals surface area contributed by atoms with E-state index in [0.717, 1.165) is 25.3 Å². The number of hydrogen-bond donors (Lipinski definition) is 3. The molecule has 1 aromatic heterocycles. The molecule has 0 aliphatic carbocycles. The smallest absolute Gasteiger partial charge is 0.409 e. The van der Waals surface area contributed by atoms with Gasteiger partial charge in [0.25, 0.3) is 0 Å². The molecule has 0 spiro atoms. The van der Waals surface area contributed by atoms with Gasteiger partial charge in [-0.05, 0) is 31.4 Å². The first-order valence-corrected chi connectivity index (χ1v) is 12.3. The first-order valence-electron chi connectivity index (χ1n) is 12.3. The number of ether oxygens (including phenoxy) is 2. The third kappa shape index (κ3) is 7.39. The number of rotatable bonds is 10. The van der Waals surface area contributed by atoms with Crippen molar-refractivity contribution in [3.8, 4) is 11.3 Å². The Morgan fingerprint density at radius 2 is 1.92 bits per heavy atom. The van der Waals surface area contributed by atoms with Gasteiger partial charge in [-0.15, -0.1) is 0 Å². The monoisotopic (exact) mass is 540 g/mol. The van der Waals surface area contributed by atoms with Gasteiger partial charge in [0, 0.05) is 44.0 Å². The van der Waals surface area contributed by atoms with Gasteiger partial charge in [-0.3, -0.25) is 14.9 Å². The van der Waals surface area contributed by atoms with Gasteiger partial charge >= 0.3 is 6.09 Å². The number of carboxylic acid groups (broad SMARTS) is 1. The molecule has 3 N–H and O–H groups in total. The van der Waals surface area contributed by atoms with Gasteiger partial charge in [0.05, 0.1) is 30.1 Å². The number of nitrogens with one attached hydrogen (secondary N) is 2. The van der Waals surface area contributed by atoms with E-state index in [2.05, 4.69) is 15.8 Å². The summed E-state index contributed by atoms with van der Waals surface area (Å²) in [6.45, 7) is 0.898. The molecule has 0 saturated carbocycles. The van der Waals surface area contributed by atoms with Gasteiger partial charge in [0.15, 0.2) is 17.8 Å². The van der Waals surface area contributed by atoms with Crippen LogP contribution in [0.1, 0.15) is 41.7 Å². The Morgan fingerprint density at radius 3 is 2.64 bits per heavy atom. The Morgan fingerprint density at radius 1 is 1.13 bits per heavy atom. The number of hydrogen-bond acceptors (Lipinski definition) is 8. The van der Waals surface area contributed by atoms with Crippen molar-refractivity contribution in [1.29, 1.82) is 0 Å². The number of carbonyl (C=O) groups excluding carboxylic acids is 2. The second-order valence-electron chi connectivity index (χ2n) is 9.19. The third-order valence-electron chi connectivity index (χ3n) is 5.99. The normalized spacial score (nSPS) is 15.0. The number of aromatic nitrogens is 1. The molecule has 12 heteroatoms. The zero-order valence-corrected chi connectivity index (χ0v) is 21.5. The van der Waals surface area contributed by atoms with Crippen LogP contribution in [0.3, 0.4) is 0 Å². The topological polar surface area (TPSA) is 143 Å². The highest BCUT2D eigenvalue weighted by Gasteiger charge is 2.19. The summed E-state index contributed by atoms with van der Waals surface area (Å²) in [6.07, 6.45) is 0.701.